The van der Waals surface area contributed by atoms with Crippen molar-refractivity contribution in [3.63, 3.8) is 0 Å². The Labute approximate surface area is 153 Å². The molecule has 0 bridgehead atoms. The van der Waals surface area contributed by atoms with Gasteiger partial charge in [-0.3, -0.25) is 9.10 Å². The van der Waals surface area contributed by atoms with E-state index in [1.807, 2.05) is 6.07 Å². The standard InChI is InChI=1S/C18H22N2O5S/c1-24-16-10-9-14(13-17(16)25-2)18(21)19-11-12-20(26(3,22)23)15-7-5-4-6-8-15/h4-10,13H,11-12H2,1-3H3,(H,19,21). The highest BCUT2D eigenvalue weighted by atomic mass is 32.2. The fourth-order valence-corrected chi connectivity index (χ4v) is 3.36. The average molecular weight is 378 g/mol. The van der Waals surface area contributed by atoms with E-state index in [4.69, 9.17) is 9.47 Å². The molecule has 0 saturated carbocycles. The SMILES string of the molecule is COc1ccc(C(=O)NCCN(c2ccccc2)S(C)(=O)=O)cc1OC. The van der Waals surface area contributed by atoms with Gasteiger partial charge in [-0.15, -0.1) is 0 Å². The zero-order chi connectivity index (χ0) is 19.2. The maximum absolute atomic E-state index is 12.3. The number of carbonyl (C=O) groups is 1. The van der Waals surface area contributed by atoms with Gasteiger partial charge in [0.2, 0.25) is 10.0 Å². The number of rotatable bonds is 8. The molecule has 1 amide bonds. The molecule has 2 rings (SSSR count). The molecule has 0 unspecified atom stereocenters. The van der Waals surface area contributed by atoms with Crippen molar-refractivity contribution in [1.82, 2.24) is 5.32 Å². The summed E-state index contributed by atoms with van der Waals surface area (Å²) in [7, 11) is -0.450. The summed E-state index contributed by atoms with van der Waals surface area (Å²) in [5.41, 5.74) is 0.948. The monoisotopic (exact) mass is 378 g/mol. The van der Waals surface area contributed by atoms with Crippen LogP contribution in [0.4, 0.5) is 5.69 Å². The van der Waals surface area contributed by atoms with Gasteiger partial charge in [0.1, 0.15) is 0 Å². The normalized spacial score (nSPS) is 10.9. The van der Waals surface area contributed by atoms with E-state index in [-0.39, 0.29) is 19.0 Å². The molecule has 0 aliphatic heterocycles. The van der Waals surface area contributed by atoms with Crippen LogP contribution in [0.25, 0.3) is 0 Å². The molecule has 0 atom stereocenters. The molecule has 26 heavy (non-hydrogen) atoms. The zero-order valence-electron chi connectivity index (χ0n) is 14.9. The molecular weight excluding hydrogens is 356 g/mol. The van der Waals surface area contributed by atoms with Crippen LogP contribution in [-0.4, -0.2) is 47.9 Å². The zero-order valence-corrected chi connectivity index (χ0v) is 15.7. The van der Waals surface area contributed by atoms with E-state index in [1.54, 1.807) is 42.5 Å². The first-order valence-corrected chi connectivity index (χ1v) is 9.74. The smallest absolute Gasteiger partial charge is 0.251 e. The van der Waals surface area contributed by atoms with E-state index in [0.29, 0.717) is 22.7 Å². The minimum Gasteiger partial charge on any atom is -0.493 e. The van der Waals surface area contributed by atoms with E-state index in [9.17, 15) is 13.2 Å². The number of methoxy groups -OCH3 is 2. The van der Waals surface area contributed by atoms with Crippen LogP contribution < -0.4 is 19.1 Å². The van der Waals surface area contributed by atoms with Gasteiger partial charge in [0, 0.05) is 12.1 Å². The van der Waals surface area contributed by atoms with Crippen LogP contribution in [0.2, 0.25) is 0 Å². The van der Waals surface area contributed by atoms with E-state index >= 15 is 0 Å². The summed E-state index contributed by atoms with van der Waals surface area (Å²) < 4.78 is 35.6. The second-order valence-corrected chi connectivity index (χ2v) is 7.40. The number of carbonyl (C=O) groups excluding carboxylic acids is 1. The highest BCUT2D eigenvalue weighted by Gasteiger charge is 2.17. The number of nitrogens with zero attached hydrogens (tertiary/aromatic N) is 1. The van der Waals surface area contributed by atoms with E-state index < -0.39 is 10.0 Å². The first-order chi connectivity index (χ1) is 12.4. The molecule has 0 radical (unpaired) electrons. The van der Waals surface area contributed by atoms with Crippen LogP contribution in [0.5, 0.6) is 11.5 Å². The number of anilines is 1. The van der Waals surface area contributed by atoms with E-state index in [2.05, 4.69) is 5.32 Å². The van der Waals surface area contributed by atoms with Crippen molar-refractivity contribution in [2.45, 2.75) is 0 Å². The molecule has 1 N–H and O–H groups in total. The van der Waals surface area contributed by atoms with E-state index in [1.165, 1.54) is 18.5 Å². The molecule has 8 heteroatoms. The Balaban J connectivity index is 2.04. The van der Waals surface area contributed by atoms with Crippen LogP contribution in [0.15, 0.2) is 48.5 Å². The lowest BCUT2D eigenvalue weighted by molar-refractivity contribution is 0.0954. The molecule has 0 fully saturated rings. The van der Waals surface area contributed by atoms with Crippen molar-refractivity contribution in [3.8, 4) is 11.5 Å². The van der Waals surface area contributed by atoms with Crippen molar-refractivity contribution in [1.29, 1.82) is 0 Å². The van der Waals surface area contributed by atoms with Gasteiger partial charge in [0.05, 0.1) is 32.7 Å². The minimum atomic E-state index is -3.45. The number of ether oxygens (including phenoxy) is 2. The number of amides is 1. The third kappa shape index (κ3) is 4.89. The maximum atomic E-state index is 12.3. The maximum Gasteiger partial charge on any atom is 0.251 e. The van der Waals surface area contributed by atoms with Crippen molar-refractivity contribution in [3.05, 3.63) is 54.1 Å². The molecule has 7 nitrogen and oxygen atoms in total. The summed E-state index contributed by atoms with van der Waals surface area (Å²) in [6, 6.07) is 13.6. The second kappa shape index (κ2) is 8.57. The quantitative estimate of drug-likeness (QED) is 0.758. The van der Waals surface area contributed by atoms with Gasteiger partial charge >= 0.3 is 0 Å². The van der Waals surface area contributed by atoms with E-state index in [0.717, 1.165) is 6.26 Å². The number of nitrogens with one attached hydrogen (secondary N) is 1. The Morgan fingerprint density at radius 2 is 1.69 bits per heavy atom. The lowest BCUT2D eigenvalue weighted by Gasteiger charge is -2.22. The molecule has 0 aliphatic carbocycles. The Kier molecular flexibility index (Phi) is 6.46. The lowest BCUT2D eigenvalue weighted by Crippen LogP contribution is -2.38. The molecule has 0 spiro atoms. The van der Waals surface area contributed by atoms with Gasteiger partial charge in [-0.1, -0.05) is 18.2 Å². The highest BCUT2D eigenvalue weighted by Crippen LogP contribution is 2.27. The molecule has 0 aromatic heterocycles. The number of hydrogen-bond donors (Lipinski definition) is 1. The third-order valence-electron chi connectivity index (χ3n) is 3.69. The Morgan fingerprint density at radius 3 is 2.27 bits per heavy atom. The minimum absolute atomic E-state index is 0.127. The Bertz CT molecular complexity index is 853. The van der Waals surface area contributed by atoms with Gasteiger partial charge in [-0.2, -0.15) is 0 Å². The summed E-state index contributed by atoms with van der Waals surface area (Å²) in [6.45, 7) is 0.289. The summed E-state index contributed by atoms with van der Waals surface area (Å²) in [5.74, 6) is 0.644. The van der Waals surface area contributed by atoms with Crippen LogP contribution in [0.1, 0.15) is 10.4 Å². The number of para-hydroxylation sites is 1. The Hall–Kier alpha value is -2.74. The molecule has 2 aromatic rings. The van der Waals surface area contributed by atoms with Crippen LogP contribution in [0.3, 0.4) is 0 Å². The molecule has 0 aliphatic rings. The predicted molar refractivity (Wildman–Crippen MR) is 101 cm³/mol. The molecule has 2 aromatic carbocycles. The highest BCUT2D eigenvalue weighted by molar-refractivity contribution is 7.92. The van der Waals surface area contributed by atoms with Gasteiger partial charge in [-0.05, 0) is 30.3 Å². The largest absolute Gasteiger partial charge is 0.493 e. The van der Waals surface area contributed by atoms with Crippen LogP contribution in [-0.2, 0) is 10.0 Å². The molecule has 140 valence electrons. The fraction of sp³-hybridized carbons (Fsp3) is 0.278. The van der Waals surface area contributed by atoms with Gasteiger partial charge in [-0.25, -0.2) is 8.42 Å². The number of benzene rings is 2. The topological polar surface area (TPSA) is 84.9 Å². The first-order valence-electron chi connectivity index (χ1n) is 7.90. The van der Waals surface area contributed by atoms with Gasteiger partial charge < -0.3 is 14.8 Å². The molecule has 0 saturated heterocycles. The van der Waals surface area contributed by atoms with Gasteiger partial charge in [0.25, 0.3) is 5.91 Å². The Morgan fingerprint density at radius 1 is 1.04 bits per heavy atom. The summed E-state index contributed by atoms with van der Waals surface area (Å²) >= 11 is 0. The van der Waals surface area contributed by atoms with Gasteiger partial charge in [0.15, 0.2) is 11.5 Å². The number of hydrogen-bond acceptors (Lipinski definition) is 5. The molecular formula is C18H22N2O5S. The first kappa shape index (κ1) is 19.6. The second-order valence-electron chi connectivity index (χ2n) is 5.50. The fourth-order valence-electron chi connectivity index (χ4n) is 2.43. The van der Waals surface area contributed by atoms with Crippen molar-refractivity contribution < 1.29 is 22.7 Å². The predicted octanol–water partition coefficient (Wildman–Crippen LogP) is 1.90. The van der Waals surface area contributed by atoms with Crippen molar-refractivity contribution in [2.24, 2.45) is 0 Å². The van der Waals surface area contributed by atoms with Crippen LogP contribution in [0, 0.1) is 0 Å². The number of sulfonamides is 1. The third-order valence-corrected chi connectivity index (χ3v) is 4.88. The lowest BCUT2D eigenvalue weighted by atomic mass is 10.2. The molecule has 0 heterocycles. The summed E-state index contributed by atoms with van der Waals surface area (Å²) in [6.07, 6.45) is 1.14. The van der Waals surface area contributed by atoms with Crippen LogP contribution >= 0.6 is 0 Å². The average Bonchev–Trinajstić information content (AvgIpc) is 2.64. The van der Waals surface area contributed by atoms with Crippen molar-refractivity contribution in [2.75, 3.05) is 37.9 Å². The summed E-state index contributed by atoms with van der Waals surface area (Å²) in [5, 5.41) is 2.72. The summed E-state index contributed by atoms with van der Waals surface area (Å²) in [4.78, 5) is 12.3. The van der Waals surface area contributed by atoms with Crippen molar-refractivity contribution >= 4 is 21.6 Å².